The van der Waals surface area contributed by atoms with Crippen LogP contribution in [0, 0.1) is 5.82 Å². The zero-order valence-electron chi connectivity index (χ0n) is 17.3. The molecule has 1 unspecified atom stereocenters. The first-order valence-corrected chi connectivity index (χ1v) is 10.5. The maximum absolute atomic E-state index is 13.8. The highest BCUT2D eigenvalue weighted by Crippen LogP contribution is 2.44. The largest absolute Gasteiger partial charge is 0.467 e. The Labute approximate surface area is 190 Å². The molecule has 0 saturated heterocycles. The third-order valence-electron chi connectivity index (χ3n) is 5.55. The number of methoxy groups -OCH3 is 1. The van der Waals surface area contributed by atoms with Crippen molar-refractivity contribution in [1.29, 1.82) is 0 Å². The molecule has 7 heteroatoms. The minimum Gasteiger partial charge on any atom is -0.467 e. The molecule has 3 aromatic rings. The van der Waals surface area contributed by atoms with Gasteiger partial charge in [-0.2, -0.15) is 0 Å². The molecule has 5 nitrogen and oxygen atoms in total. The third kappa shape index (κ3) is 4.46. The lowest BCUT2D eigenvalue weighted by molar-refractivity contribution is -0.143. The topological polar surface area (TPSA) is 64.6 Å². The summed E-state index contributed by atoms with van der Waals surface area (Å²) >= 11 is 5.71. The van der Waals surface area contributed by atoms with E-state index in [1.54, 1.807) is 6.07 Å². The molecule has 32 heavy (non-hydrogen) atoms. The molecule has 0 bridgehead atoms. The highest BCUT2D eigenvalue weighted by atomic mass is 35.5. The highest BCUT2D eigenvalue weighted by molar-refractivity contribution is 6.30. The van der Waals surface area contributed by atoms with Gasteiger partial charge in [-0.25, -0.2) is 14.0 Å². The van der Waals surface area contributed by atoms with Crippen molar-refractivity contribution < 1.29 is 23.5 Å². The average Bonchev–Trinajstić information content (AvgIpc) is 3.13. The Morgan fingerprint density at radius 1 is 1.03 bits per heavy atom. The van der Waals surface area contributed by atoms with Crippen molar-refractivity contribution in [2.45, 2.75) is 18.4 Å². The summed E-state index contributed by atoms with van der Waals surface area (Å²) in [7, 11) is 1.22. The van der Waals surface area contributed by atoms with Gasteiger partial charge >= 0.3 is 12.1 Å². The molecule has 1 atom stereocenters. The van der Waals surface area contributed by atoms with E-state index in [1.165, 1.54) is 19.2 Å². The van der Waals surface area contributed by atoms with Gasteiger partial charge in [-0.1, -0.05) is 66.2 Å². The second-order valence-electron chi connectivity index (χ2n) is 7.50. The summed E-state index contributed by atoms with van der Waals surface area (Å²) < 4.78 is 24.0. The van der Waals surface area contributed by atoms with Crippen molar-refractivity contribution in [3.8, 4) is 11.1 Å². The van der Waals surface area contributed by atoms with Crippen LogP contribution in [0.1, 0.15) is 22.6 Å². The van der Waals surface area contributed by atoms with Crippen LogP contribution in [0.5, 0.6) is 0 Å². The molecule has 1 aliphatic rings. The van der Waals surface area contributed by atoms with Crippen LogP contribution in [-0.2, 0) is 20.7 Å². The lowest BCUT2D eigenvalue weighted by Gasteiger charge is -2.18. The van der Waals surface area contributed by atoms with Crippen LogP contribution in [-0.4, -0.2) is 31.8 Å². The lowest BCUT2D eigenvalue weighted by Crippen LogP contribution is -2.43. The molecule has 4 rings (SSSR count). The first kappa shape index (κ1) is 21.8. The highest BCUT2D eigenvalue weighted by Gasteiger charge is 2.30. The second-order valence-corrected chi connectivity index (χ2v) is 7.91. The van der Waals surface area contributed by atoms with Gasteiger partial charge in [-0.15, -0.1) is 0 Å². The number of hydrogen-bond donors (Lipinski definition) is 1. The lowest BCUT2D eigenvalue weighted by atomic mass is 9.98. The zero-order chi connectivity index (χ0) is 22.7. The van der Waals surface area contributed by atoms with Gasteiger partial charge in [0.1, 0.15) is 18.5 Å². The summed E-state index contributed by atoms with van der Waals surface area (Å²) in [6.45, 7) is 0.114. The Hall–Kier alpha value is -3.38. The van der Waals surface area contributed by atoms with E-state index in [4.69, 9.17) is 21.1 Å². The van der Waals surface area contributed by atoms with Gasteiger partial charge in [0.25, 0.3) is 0 Å². The van der Waals surface area contributed by atoms with Crippen LogP contribution in [0.4, 0.5) is 9.18 Å². The van der Waals surface area contributed by atoms with Crippen LogP contribution in [0.25, 0.3) is 11.1 Å². The number of benzene rings is 3. The predicted molar refractivity (Wildman–Crippen MR) is 119 cm³/mol. The Balaban J connectivity index is 1.45. The molecule has 3 aromatic carbocycles. The van der Waals surface area contributed by atoms with E-state index in [2.05, 4.69) is 5.32 Å². The van der Waals surface area contributed by atoms with E-state index in [0.29, 0.717) is 5.56 Å². The second kappa shape index (κ2) is 9.40. The molecule has 0 radical (unpaired) electrons. The molecule has 0 heterocycles. The molecular weight excluding hydrogens is 433 g/mol. The smallest absolute Gasteiger partial charge is 0.407 e. The molecule has 1 N–H and O–H groups in total. The summed E-state index contributed by atoms with van der Waals surface area (Å²) in [5.41, 5.74) is 4.90. The number of esters is 1. The predicted octanol–water partition coefficient (Wildman–Crippen LogP) is 5.10. The van der Waals surface area contributed by atoms with Gasteiger partial charge in [0.15, 0.2) is 0 Å². The van der Waals surface area contributed by atoms with Crippen LogP contribution < -0.4 is 5.32 Å². The van der Waals surface area contributed by atoms with Gasteiger partial charge in [-0.3, -0.25) is 0 Å². The van der Waals surface area contributed by atoms with Crippen LogP contribution >= 0.6 is 11.6 Å². The third-order valence-corrected chi connectivity index (χ3v) is 5.85. The Morgan fingerprint density at radius 2 is 1.66 bits per heavy atom. The van der Waals surface area contributed by atoms with E-state index in [9.17, 15) is 14.0 Å². The molecular formula is C25H21ClFNO4. The summed E-state index contributed by atoms with van der Waals surface area (Å²) in [5.74, 6) is -1.36. The summed E-state index contributed by atoms with van der Waals surface area (Å²) in [6.07, 6.45) is -0.720. The van der Waals surface area contributed by atoms with Crippen LogP contribution in [0.15, 0.2) is 66.7 Å². The minimum absolute atomic E-state index is 0.0205. The number of amides is 1. The van der Waals surface area contributed by atoms with Gasteiger partial charge in [0.2, 0.25) is 0 Å². The summed E-state index contributed by atoms with van der Waals surface area (Å²) in [6, 6.07) is 19.2. The standard InChI is InChI=1S/C25H21ClFNO4/c1-31-24(29)23(13-15-10-11-21(26)22(27)12-15)28-25(30)32-14-20-18-8-4-2-6-16(18)17-7-3-5-9-19(17)20/h2-12,20,23H,13-14H2,1H3,(H,28,30). The van der Waals surface area contributed by atoms with Crippen LogP contribution in [0.3, 0.4) is 0 Å². The summed E-state index contributed by atoms with van der Waals surface area (Å²) in [5, 5.41) is 2.51. The van der Waals surface area contributed by atoms with Crippen molar-refractivity contribution in [3.05, 3.63) is 94.3 Å². The average molecular weight is 454 g/mol. The zero-order valence-corrected chi connectivity index (χ0v) is 18.1. The van der Waals surface area contributed by atoms with Crippen LogP contribution in [0.2, 0.25) is 5.02 Å². The number of ether oxygens (including phenoxy) is 2. The van der Waals surface area contributed by atoms with E-state index in [1.807, 2.05) is 48.5 Å². The molecule has 0 aromatic heterocycles. The first-order chi connectivity index (χ1) is 15.5. The minimum atomic E-state index is -1.03. The van der Waals surface area contributed by atoms with Crippen molar-refractivity contribution in [1.82, 2.24) is 5.32 Å². The summed E-state index contributed by atoms with van der Waals surface area (Å²) in [4.78, 5) is 24.7. The number of halogens is 2. The van der Waals surface area contributed by atoms with E-state index in [-0.39, 0.29) is 24.0 Å². The molecule has 1 amide bonds. The van der Waals surface area contributed by atoms with E-state index >= 15 is 0 Å². The number of carbonyl (C=O) groups is 2. The van der Waals surface area contributed by atoms with Crippen molar-refractivity contribution in [2.24, 2.45) is 0 Å². The number of carbonyl (C=O) groups excluding carboxylic acids is 2. The maximum atomic E-state index is 13.8. The Bertz CT molecular complexity index is 1120. The van der Waals surface area contributed by atoms with Gasteiger partial charge in [-0.05, 0) is 39.9 Å². The number of rotatable bonds is 6. The SMILES string of the molecule is COC(=O)C(Cc1ccc(Cl)c(F)c1)NC(=O)OCC1c2ccccc2-c2ccccc21. The molecule has 0 aliphatic heterocycles. The molecule has 0 fully saturated rings. The quantitative estimate of drug-likeness (QED) is 0.527. The maximum Gasteiger partial charge on any atom is 0.407 e. The molecule has 0 spiro atoms. The monoisotopic (exact) mass is 453 g/mol. The van der Waals surface area contributed by atoms with E-state index < -0.39 is 23.9 Å². The van der Waals surface area contributed by atoms with Crippen molar-refractivity contribution in [3.63, 3.8) is 0 Å². The van der Waals surface area contributed by atoms with Gasteiger partial charge in [0, 0.05) is 12.3 Å². The Morgan fingerprint density at radius 3 is 2.25 bits per heavy atom. The van der Waals surface area contributed by atoms with Crippen molar-refractivity contribution >= 4 is 23.7 Å². The molecule has 0 saturated carbocycles. The molecule has 1 aliphatic carbocycles. The van der Waals surface area contributed by atoms with Gasteiger partial charge in [0.05, 0.1) is 12.1 Å². The van der Waals surface area contributed by atoms with E-state index in [0.717, 1.165) is 22.3 Å². The number of nitrogens with one attached hydrogen (secondary N) is 1. The number of fused-ring (bicyclic) bond motifs is 3. The number of alkyl carbamates (subject to hydrolysis) is 1. The fourth-order valence-electron chi connectivity index (χ4n) is 4.02. The van der Waals surface area contributed by atoms with Crippen molar-refractivity contribution in [2.75, 3.05) is 13.7 Å². The van der Waals surface area contributed by atoms with Gasteiger partial charge < -0.3 is 14.8 Å². The normalized spacial score (nSPS) is 13.1. The first-order valence-electron chi connectivity index (χ1n) is 10.1. The Kier molecular flexibility index (Phi) is 6.42. The fourth-order valence-corrected chi connectivity index (χ4v) is 4.14. The fraction of sp³-hybridized carbons (Fsp3) is 0.200. The molecule has 164 valence electrons. The number of hydrogen-bond acceptors (Lipinski definition) is 4.